The molecule has 1 amide bonds. The minimum absolute atomic E-state index is 0.0358. The van der Waals surface area contributed by atoms with E-state index < -0.39 is 12.0 Å². The number of hydrogen-bond donors (Lipinski definition) is 1. The predicted octanol–water partition coefficient (Wildman–Crippen LogP) is 2.59. The number of amides is 1. The van der Waals surface area contributed by atoms with E-state index >= 15 is 0 Å². The molecule has 0 spiro atoms. The summed E-state index contributed by atoms with van der Waals surface area (Å²) >= 11 is 0. The molecule has 8 nitrogen and oxygen atoms in total. The van der Waals surface area contributed by atoms with Crippen molar-refractivity contribution in [3.05, 3.63) is 18.0 Å². The van der Waals surface area contributed by atoms with Crippen molar-refractivity contribution in [1.29, 1.82) is 0 Å². The number of aromatic nitrogens is 4. The molecule has 0 saturated carbocycles. The summed E-state index contributed by atoms with van der Waals surface area (Å²) in [4.78, 5) is 16.8. The maximum absolute atomic E-state index is 13.1. The van der Waals surface area contributed by atoms with Gasteiger partial charge in [0.1, 0.15) is 5.82 Å². The lowest BCUT2D eigenvalue weighted by atomic mass is 9.96. The molecule has 0 aromatic carbocycles. The van der Waals surface area contributed by atoms with Crippen molar-refractivity contribution >= 4 is 17.4 Å². The molecule has 172 valence electrons. The summed E-state index contributed by atoms with van der Waals surface area (Å²) < 4.78 is 40.0. The van der Waals surface area contributed by atoms with Crippen molar-refractivity contribution in [1.82, 2.24) is 30.0 Å². The number of anilines is 1. The highest BCUT2D eigenvalue weighted by atomic mass is 19.4. The largest absolute Gasteiger partial charge is 0.453 e. The molecule has 1 aliphatic heterocycles. The van der Waals surface area contributed by atoms with Crippen LogP contribution in [-0.4, -0.2) is 68.9 Å². The number of nitrogens with one attached hydrogen (secondary N) is 1. The monoisotopic (exact) mass is 441 g/mol. The average molecular weight is 442 g/mol. The first kappa shape index (κ1) is 23.2. The molecule has 0 radical (unpaired) electrons. The van der Waals surface area contributed by atoms with Crippen molar-refractivity contribution in [2.45, 2.75) is 58.8 Å². The van der Waals surface area contributed by atoms with Crippen LogP contribution in [0.2, 0.25) is 0 Å². The van der Waals surface area contributed by atoms with Crippen LogP contribution in [0.5, 0.6) is 0 Å². The molecule has 3 heterocycles. The Hall–Kier alpha value is -2.43. The van der Waals surface area contributed by atoms with Crippen LogP contribution in [0, 0.1) is 5.92 Å². The first-order valence-electron chi connectivity index (χ1n) is 10.7. The molecule has 1 saturated heterocycles. The van der Waals surface area contributed by atoms with Crippen LogP contribution in [0.3, 0.4) is 0 Å². The van der Waals surface area contributed by atoms with E-state index in [0.717, 1.165) is 11.1 Å². The van der Waals surface area contributed by atoms with Gasteiger partial charge < -0.3 is 10.2 Å². The number of nitrogens with zero attached hydrogens (tertiary/aromatic N) is 6. The van der Waals surface area contributed by atoms with Crippen LogP contribution >= 0.6 is 0 Å². The Balaban J connectivity index is 1.55. The topological polar surface area (TPSA) is 78.7 Å². The van der Waals surface area contributed by atoms with Crippen LogP contribution in [0.4, 0.5) is 19.0 Å². The molecule has 3 rings (SSSR count). The number of rotatable bonds is 7. The highest BCUT2D eigenvalue weighted by molar-refractivity contribution is 5.79. The summed E-state index contributed by atoms with van der Waals surface area (Å²) in [5.74, 6) is -0.794. The van der Waals surface area contributed by atoms with E-state index in [1.165, 1.54) is 6.07 Å². The van der Waals surface area contributed by atoms with Gasteiger partial charge in [0.25, 0.3) is 5.82 Å². The summed E-state index contributed by atoms with van der Waals surface area (Å²) in [6.45, 7) is 11.0. The first-order chi connectivity index (χ1) is 14.6. The minimum atomic E-state index is -4.63. The van der Waals surface area contributed by atoms with E-state index in [2.05, 4.69) is 53.2 Å². The molecular weight excluding hydrogens is 411 g/mol. The summed E-state index contributed by atoms with van der Waals surface area (Å²) in [6, 6.07) is 3.93. The number of hydrogen-bond acceptors (Lipinski definition) is 6. The van der Waals surface area contributed by atoms with Gasteiger partial charge in [-0.1, -0.05) is 0 Å². The Kier molecular flexibility index (Phi) is 7.03. The SMILES string of the molecule is CC(C)N(CCNC(=O)C1CCN(c2ccc3nnc(C(F)(F)F)n3n2)CC1)C(C)C. The van der Waals surface area contributed by atoms with Gasteiger partial charge in [0.05, 0.1) is 0 Å². The molecule has 31 heavy (non-hydrogen) atoms. The first-order valence-corrected chi connectivity index (χ1v) is 10.7. The van der Waals surface area contributed by atoms with Crippen molar-refractivity contribution in [3.63, 3.8) is 0 Å². The molecule has 11 heteroatoms. The molecule has 0 aliphatic carbocycles. The summed E-state index contributed by atoms with van der Waals surface area (Å²) in [5, 5.41) is 13.8. The number of fused-ring (bicyclic) bond motifs is 1. The zero-order valence-electron chi connectivity index (χ0n) is 18.4. The van der Waals surface area contributed by atoms with E-state index in [1.54, 1.807) is 6.07 Å². The Morgan fingerprint density at radius 1 is 1.16 bits per heavy atom. The summed E-state index contributed by atoms with van der Waals surface area (Å²) in [6.07, 6.45) is -3.38. The second-order valence-corrected chi connectivity index (χ2v) is 8.46. The molecule has 1 aliphatic rings. The van der Waals surface area contributed by atoms with Gasteiger partial charge in [-0.05, 0) is 52.7 Å². The van der Waals surface area contributed by atoms with Crippen LogP contribution < -0.4 is 10.2 Å². The van der Waals surface area contributed by atoms with E-state index in [9.17, 15) is 18.0 Å². The Bertz CT molecular complexity index is 881. The Morgan fingerprint density at radius 3 is 2.39 bits per heavy atom. The van der Waals surface area contributed by atoms with Gasteiger partial charge in [-0.2, -0.15) is 17.7 Å². The number of alkyl halides is 3. The molecular formula is C20H30F3N7O. The fraction of sp³-hybridized carbons (Fsp3) is 0.700. The lowest BCUT2D eigenvalue weighted by Gasteiger charge is -2.33. The molecule has 1 fully saturated rings. The minimum Gasteiger partial charge on any atom is -0.355 e. The number of carbonyl (C=O) groups excluding carboxylic acids is 1. The Morgan fingerprint density at radius 2 is 1.81 bits per heavy atom. The normalized spacial score (nSPS) is 16.1. The van der Waals surface area contributed by atoms with E-state index in [-0.39, 0.29) is 17.5 Å². The van der Waals surface area contributed by atoms with E-state index in [1.807, 2.05) is 4.90 Å². The van der Waals surface area contributed by atoms with Crippen LogP contribution in [0.1, 0.15) is 46.4 Å². The third-order valence-corrected chi connectivity index (χ3v) is 5.69. The van der Waals surface area contributed by atoms with Crippen molar-refractivity contribution in [2.75, 3.05) is 31.1 Å². The fourth-order valence-corrected chi connectivity index (χ4v) is 4.06. The number of piperidine rings is 1. The summed E-state index contributed by atoms with van der Waals surface area (Å²) in [5.41, 5.74) is 0.0437. The van der Waals surface area contributed by atoms with Gasteiger partial charge in [-0.3, -0.25) is 9.69 Å². The van der Waals surface area contributed by atoms with Gasteiger partial charge in [-0.25, -0.2) is 0 Å². The maximum atomic E-state index is 13.1. The third-order valence-electron chi connectivity index (χ3n) is 5.69. The van der Waals surface area contributed by atoms with Gasteiger partial charge >= 0.3 is 6.18 Å². The van der Waals surface area contributed by atoms with Gasteiger partial charge in [-0.15, -0.1) is 15.3 Å². The van der Waals surface area contributed by atoms with Crippen LogP contribution in [-0.2, 0) is 11.0 Å². The fourth-order valence-electron chi connectivity index (χ4n) is 4.06. The zero-order valence-corrected chi connectivity index (χ0v) is 18.4. The zero-order chi connectivity index (χ0) is 22.8. The standard InChI is InChI=1S/C20H30F3N7O/c1-13(2)29(14(3)4)12-9-24-18(31)15-7-10-28(11-8-15)17-6-5-16-25-26-19(20(21,22)23)30(16)27-17/h5-6,13-15H,7-12H2,1-4H3,(H,24,31). The van der Waals surface area contributed by atoms with E-state index in [0.29, 0.717) is 50.4 Å². The highest BCUT2D eigenvalue weighted by Crippen LogP contribution is 2.28. The maximum Gasteiger partial charge on any atom is 0.453 e. The highest BCUT2D eigenvalue weighted by Gasteiger charge is 2.38. The number of halogens is 3. The molecule has 0 bridgehead atoms. The van der Waals surface area contributed by atoms with Gasteiger partial charge in [0.2, 0.25) is 5.91 Å². The third kappa shape index (κ3) is 5.44. The molecule has 0 atom stereocenters. The quantitative estimate of drug-likeness (QED) is 0.712. The van der Waals surface area contributed by atoms with Gasteiger partial charge in [0, 0.05) is 44.2 Å². The van der Waals surface area contributed by atoms with Gasteiger partial charge in [0.15, 0.2) is 5.65 Å². The lowest BCUT2D eigenvalue weighted by Crippen LogP contribution is -2.45. The van der Waals surface area contributed by atoms with Crippen molar-refractivity contribution in [2.24, 2.45) is 5.92 Å². The average Bonchev–Trinajstić information content (AvgIpc) is 3.14. The smallest absolute Gasteiger partial charge is 0.355 e. The van der Waals surface area contributed by atoms with Crippen LogP contribution in [0.25, 0.3) is 5.65 Å². The van der Waals surface area contributed by atoms with E-state index in [4.69, 9.17) is 0 Å². The van der Waals surface area contributed by atoms with Crippen molar-refractivity contribution in [3.8, 4) is 0 Å². The van der Waals surface area contributed by atoms with Crippen molar-refractivity contribution < 1.29 is 18.0 Å². The molecule has 1 N–H and O–H groups in total. The van der Waals surface area contributed by atoms with Crippen LogP contribution in [0.15, 0.2) is 12.1 Å². The second-order valence-electron chi connectivity index (χ2n) is 8.46. The Labute approximate surface area is 179 Å². The summed E-state index contributed by atoms with van der Waals surface area (Å²) in [7, 11) is 0. The molecule has 2 aromatic heterocycles. The predicted molar refractivity (Wildman–Crippen MR) is 111 cm³/mol. The molecule has 2 aromatic rings. The number of carbonyl (C=O) groups is 1. The molecule has 0 unspecified atom stereocenters. The lowest BCUT2D eigenvalue weighted by molar-refractivity contribution is -0.146. The second kappa shape index (κ2) is 9.37.